The lowest BCUT2D eigenvalue weighted by molar-refractivity contribution is 1.14. The van der Waals surface area contributed by atoms with Gasteiger partial charge in [-0.15, -0.1) is 0 Å². The van der Waals surface area contributed by atoms with Crippen LogP contribution in [0.1, 0.15) is 18.1 Å². The Morgan fingerprint density at radius 1 is 1.30 bits per heavy atom. The van der Waals surface area contributed by atoms with Crippen LogP contribution in [0.15, 0.2) is 24.3 Å². The summed E-state index contributed by atoms with van der Waals surface area (Å²) in [6.07, 6.45) is 1.11. The lowest BCUT2D eigenvalue weighted by Gasteiger charge is -1.96. The second-order valence-electron chi connectivity index (χ2n) is 2.20. The van der Waals surface area contributed by atoms with E-state index < -0.39 is 0 Å². The molecule has 0 N–H and O–H groups in total. The molecule has 1 aromatic carbocycles. The van der Waals surface area contributed by atoms with Crippen LogP contribution in [0.3, 0.4) is 0 Å². The maximum atomic E-state index is 3.28. The third-order valence-corrected chi connectivity index (χ3v) is 2.04. The van der Waals surface area contributed by atoms with Gasteiger partial charge in [-0.1, -0.05) is 47.1 Å². The van der Waals surface area contributed by atoms with Crippen LogP contribution in [-0.4, -0.2) is 0 Å². The van der Waals surface area contributed by atoms with E-state index in [1.807, 2.05) is 5.33 Å². The zero-order chi connectivity index (χ0) is 7.40. The van der Waals surface area contributed by atoms with Crippen LogP contribution >= 0.6 is 15.9 Å². The Morgan fingerprint density at radius 2 is 1.90 bits per heavy atom. The molecule has 53 valence electrons. The van der Waals surface area contributed by atoms with Gasteiger partial charge in [0.15, 0.2) is 0 Å². The molecule has 0 aliphatic carbocycles. The standard InChI is InChI=1S/C9H10Br/c1-2-8-3-5-9(7-10)6-4-8/h3-7H,2H2,1H3. The lowest BCUT2D eigenvalue weighted by Crippen LogP contribution is -1.79. The first-order valence-electron chi connectivity index (χ1n) is 3.39. The average molecular weight is 198 g/mol. The highest BCUT2D eigenvalue weighted by molar-refractivity contribution is 9.10. The summed E-state index contributed by atoms with van der Waals surface area (Å²) in [4.78, 5) is 0. The van der Waals surface area contributed by atoms with Gasteiger partial charge in [0.05, 0.1) is 5.33 Å². The summed E-state index contributed by atoms with van der Waals surface area (Å²) in [6.45, 7) is 2.16. The van der Waals surface area contributed by atoms with Gasteiger partial charge in [0, 0.05) is 0 Å². The van der Waals surface area contributed by atoms with Crippen molar-refractivity contribution < 1.29 is 0 Å². The molecule has 0 atom stereocenters. The summed E-state index contributed by atoms with van der Waals surface area (Å²) in [6, 6.07) is 8.50. The zero-order valence-corrected chi connectivity index (χ0v) is 7.56. The number of aryl methyl sites for hydroxylation is 1. The van der Waals surface area contributed by atoms with Gasteiger partial charge in [-0.05, 0) is 17.5 Å². The Labute approximate surface area is 70.4 Å². The topological polar surface area (TPSA) is 0 Å². The van der Waals surface area contributed by atoms with Crippen LogP contribution in [0.5, 0.6) is 0 Å². The molecule has 1 rings (SSSR count). The molecule has 0 spiro atoms. The van der Waals surface area contributed by atoms with Gasteiger partial charge in [0.25, 0.3) is 0 Å². The Morgan fingerprint density at radius 3 is 2.30 bits per heavy atom. The van der Waals surface area contributed by atoms with Crippen molar-refractivity contribution >= 4 is 15.9 Å². The van der Waals surface area contributed by atoms with Gasteiger partial charge in [0.1, 0.15) is 0 Å². The van der Waals surface area contributed by atoms with Crippen LogP contribution in [0.4, 0.5) is 0 Å². The number of hydrogen-bond acceptors (Lipinski definition) is 0. The molecule has 1 aromatic rings. The minimum Gasteiger partial charge on any atom is -0.0823 e. The van der Waals surface area contributed by atoms with E-state index in [0.29, 0.717) is 0 Å². The molecule has 0 bridgehead atoms. The zero-order valence-electron chi connectivity index (χ0n) is 5.97. The molecule has 0 nitrogen and oxygen atoms in total. The molecule has 0 heterocycles. The molecule has 0 amide bonds. The van der Waals surface area contributed by atoms with Gasteiger partial charge in [-0.2, -0.15) is 0 Å². The van der Waals surface area contributed by atoms with Gasteiger partial charge in [0.2, 0.25) is 0 Å². The van der Waals surface area contributed by atoms with E-state index in [2.05, 4.69) is 47.1 Å². The molecular weight excluding hydrogens is 188 g/mol. The first kappa shape index (κ1) is 7.80. The first-order chi connectivity index (χ1) is 4.86. The predicted octanol–water partition coefficient (Wildman–Crippen LogP) is 3.15. The van der Waals surface area contributed by atoms with Gasteiger partial charge in [-0.25, -0.2) is 0 Å². The van der Waals surface area contributed by atoms with Crippen LogP contribution in [0.2, 0.25) is 0 Å². The highest BCUT2D eigenvalue weighted by Crippen LogP contribution is 2.09. The van der Waals surface area contributed by atoms with Gasteiger partial charge < -0.3 is 0 Å². The highest BCUT2D eigenvalue weighted by Gasteiger charge is 1.89. The highest BCUT2D eigenvalue weighted by atomic mass is 79.9. The summed E-state index contributed by atoms with van der Waals surface area (Å²) in [5.41, 5.74) is 2.61. The molecule has 0 saturated carbocycles. The summed E-state index contributed by atoms with van der Waals surface area (Å²) in [5, 5.41) is 1.92. The molecule has 10 heavy (non-hydrogen) atoms. The Bertz CT molecular complexity index is 165. The van der Waals surface area contributed by atoms with Crippen LogP contribution < -0.4 is 0 Å². The van der Waals surface area contributed by atoms with E-state index in [9.17, 15) is 0 Å². The van der Waals surface area contributed by atoms with E-state index in [-0.39, 0.29) is 0 Å². The van der Waals surface area contributed by atoms with E-state index in [4.69, 9.17) is 0 Å². The molecule has 0 aliphatic heterocycles. The summed E-state index contributed by atoms with van der Waals surface area (Å²) < 4.78 is 0. The second-order valence-corrected chi connectivity index (χ2v) is 2.66. The maximum Gasteiger partial charge on any atom is 0.0561 e. The summed E-state index contributed by atoms with van der Waals surface area (Å²) in [5.74, 6) is 0. The quantitative estimate of drug-likeness (QED) is 0.684. The molecule has 0 unspecified atom stereocenters. The monoisotopic (exact) mass is 197 g/mol. The van der Waals surface area contributed by atoms with Gasteiger partial charge in [-0.3, -0.25) is 0 Å². The molecular formula is C9H10Br. The normalized spacial score (nSPS) is 9.80. The molecule has 0 fully saturated rings. The van der Waals surface area contributed by atoms with Gasteiger partial charge >= 0.3 is 0 Å². The molecule has 0 saturated heterocycles. The van der Waals surface area contributed by atoms with Crippen molar-refractivity contribution in [3.05, 3.63) is 40.7 Å². The van der Waals surface area contributed by atoms with Crippen molar-refractivity contribution in [2.75, 3.05) is 0 Å². The average Bonchev–Trinajstić information content (AvgIpc) is 2.05. The SMILES string of the molecule is CCc1ccc([CH]Br)cc1. The Hall–Kier alpha value is -0.300. The third-order valence-electron chi connectivity index (χ3n) is 1.51. The Balaban J connectivity index is 2.80. The molecule has 1 radical (unpaired) electrons. The maximum absolute atomic E-state index is 3.28. The fourth-order valence-corrected chi connectivity index (χ4v) is 1.13. The largest absolute Gasteiger partial charge is 0.0823 e. The van der Waals surface area contributed by atoms with E-state index in [0.717, 1.165) is 6.42 Å². The summed E-state index contributed by atoms with van der Waals surface area (Å²) >= 11 is 3.28. The number of rotatable bonds is 2. The van der Waals surface area contributed by atoms with Crippen LogP contribution in [0, 0.1) is 5.33 Å². The summed E-state index contributed by atoms with van der Waals surface area (Å²) in [7, 11) is 0. The second kappa shape index (κ2) is 3.77. The van der Waals surface area contributed by atoms with Crippen molar-refractivity contribution in [3.63, 3.8) is 0 Å². The van der Waals surface area contributed by atoms with Crippen molar-refractivity contribution in [2.45, 2.75) is 13.3 Å². The van der Waals surface area contributed by atoms with E-state index >= 15 is 0 Å². The van der Waals surface area contributed by atoms with E-state index in [1.165, 1.54) is 11.1 Å². The number of hydrogen-bond donors (Lipinski definition) is 0. The molecule has 0 aromatic heterocycles. The van der Waals surface area contributed by atoms with Crippen molar-refractivity contribution in [1.29, 1.82) is 0 Å². The van der Waals surface area contributed by atoms with Crippen molar-refractivity contribution in [3.8, 4) is 0 Å². The third kappa shape index (κ3) is 1.84. The lowest BCUT2D eigenvalue weighted by atomic mass is 10.1. The predicted molar refractivity (Wildman–Crippen MR) is 48.1 cm³/mol. The fourth-order valence-electron chi connectivity index (χ4n) is 0.826. The number of benzene rings is 1. The van der Waals surface area contributed by atoms with E-state index in [1.54, 1.807) is 0 Å². The minimum absolute atomic E-state index is 1.11. The van der Waals surface area contributed by atoms with Crippen LogP contribution in [-0.2, 0) is 6.42 Å². The van der Waals surface area contributed by atoms with Crippen molar-refractivity contribution in [1.82, 2.24) is 0 Å². The molecule has 0 aliphatic rings. The molecule has 1 heteroatoms. The minimum atomic E-state index is 1.11. The van der Waals surface area contributed by atoms with Crippen molar-refractivity contribution in [2.24, 2.45) is 0 Å². The fraction of sp³-hybridized carbons (Fsp3) is 0.222. The van der Waals surface area contributed by atoms with Crippen LogP contribution in [0.25, 0.3) is 0 Å². The number of halogens is 1. The first-order valence-corrected chi connectivity index (χ1v) is 4.30. The smallest absolute Gasteiger partial charge is 0.0561 e. The Kier molecular flexibility index (Phi) is 2.94.